The van der Waals surface area contributed by atoms with Crippen LogP contribution in [-0.4, -0.2) is 44.0 Å². The molecule has 2 aliphatic rings. The molecule has 1 saturated carbocycles. The lowest BCUT2D eigenvalue weighted by molar-refractivity contribution is 0.172. The first kappa shape index (κ1) is 16.9. The molecule has 3 heterocycles. The summed E-state index contributed by atoms with van der Waals surface area (Å²) in [6.07, 6.45) is 6.15. The van der Waals surface area contributed by atoms with Gasteiger partial charge in [0.2, 0.25) is 5.89 Å². The van der Waals surface area contributed by atoms with Crippen LogP contribution < -0.4 is 0 Å². The van der Waals surface area contributed by atoms with Crippen LogP contribution in [0.2, 0.25) is 0 Å². The van der Waals surface area contributed by atoms with Gasteiger partial charge in [0.25, 0.3) is 5.89 Å². The topological polar surface area (TPSA) is 60.0 Å². The molecule has 1 aromatic carbocycles. The number of hydrogen-bond acceptors (Lipinski definition) is 5. The molecule has 6 heteroatoms. The van der Waals surface area contributed by atoms with Gasteiger partial charge in [0.1, 0.15) is 0 Å². The molecule has 6 nitrogen and oxygen atoms in total. The average molecular weight is 365 g/mol. The fourth-order valence-corrected chi connectivity index (χ4v) is 4.28. The van der Waals surface area contributed by atoms with Crippen molar-refractivity contribution in [2.24, 2.45) is 5.92 Å². The number of fused-ring (bicyclic) bond motifs is 1. The summed E-state index contributed by atoms with van der Waals surface area (Å²) in [7, 11) is 0. The Morgan fingerprint density at radius 1 is 1.07 bits per heavy atom. The van der Waals surface area contributed by atoms with Gasteiger partial charge < -0.3 is 9.32 Å². The lowest BCUT2D eigenvalue weighted by Gasteiger charge is -2.31. The minimum absolute atomic E-state index is 0.280. The van der Waals surface area contributed by atoms with Gasteiger partial charge in [-0.3, -0.25) is 4.68 Å². The van der Waals surface area contributed by atoms with Crippen molar-refractivity contribution in [3.8, 4) is 11.6 Å². The fraction of sp³-hybridized carbons (Fsp3) is 0.571. The molecule has 0 N–H and O–H groups in total. The van der Waals surface area contributed by atoms with Gasteiger partial charge in [0.05, 0.1) is 5.52 Å². The molecule has 1 aliphatic carbocycles. The Balaban J connectivity index is 1.34. The van der Waals surface area contributed by atoms with Crippen LogP contribution in [0.25, 0.3) is 22.5 Å². The number of rotatable bonds is 5. The molecule has 142 valence electrons. The van der Waals surface area contributed by atoms with Gasteiger partial charge in [-0.05, 0) is 64.6 Å². The molecule has 3 aromatic rings. The van der Waals surface area contributed by atoms with E-state index in [1.54, 1.807) is 0 Å². The highest BCUT2D eigenvalue weighted by atomic mass is 16.4. The molecule has 5 rings (SSSR count). The van der Waals surface area contributed by atoms with E-state index in [-0.39, 0.29) is 6.04 Å². The van der Waals surface area contributed by atoms with Crippen LogP contribution in [0.3, 0.4) is 0 Å². The van der Waals surface area contributed by atoms with Gasteiger partial charge in [-0.25, -0.2) is 0 Å². The van der Waals surface area contributed by atoms with Crippen LogP contribution in [0.1, 0.15) is 51.5 Å². The standard InChI is InChI=1S/C21H27N5O/c1-14(2)26-18-6-4-3-5-17(18)20(24-26)21-23-22-19(27-21)13-15-9-11-25(12-10-15)16-7-8-16/h3-6,14-16H,7-13H2,1-2H3. The van der Waals surface area contributed by atoms with Crippen molar-refractivity contribution < 1.29 is 4.42 Å². The van der Waals surface area contributed by atoms with Crippen molar-refractivity contribution >= 4 is 10.9 Å². The predicted molar refractivity (Wildman–Crippen MR) is 104 cm³/mol. The van der Waals surface area contributed by atoms with Crippen molar-refractivity contribution in [1.82, 2.24) is 24.9 Å². The summed E-state index contributed by atoms with van der Waals surface area (Å²) in [5.74, 6) is 1.94. The van der Waals surface area contributed by atoms with Crippen molar-refractivity contribution in [1.29, 1.82) is 0 Å². The van der Waals surface area contributed by atoms with Crippen LogP contribution in [0.4, 0.5) is 0 Å². The molecule has 1 aliphatic heterocycles. The van der Waals surface area contributed by atoms with Crippen molar-refractivity contribution in [3.05, 3.63) is 30.2 Å². The Bertz CT molecular complexity index is 931. The Kier molecular flexibility index (Phi) is 4.23. The largest absolute Gasteiger partial charge is 0.419 e. The number of aromatic nitrogens is 4. The zero-order valence-electron chi connectivity index (χ0n) is 16.1. The molecule has 0 atom stereocenters. The predicted octanol–water partition coefficient (Wildman–Crippen LogP) is 4.08. The molecule has 1 saturated heterocycles. The van der Waals surface area contributed by atoms with E-state index in [0.29, 0.717) is 11.8 Å². The normalized spacial score (nSPS) is 19.4. The highest BCUT2D eigenvalue weighted by molar-refractivity contribution is 5.91. The SMILES string of the molecule is CC(C)n1nc(-c2nnc(CC3CCN(C4CC4)CC3)o2)c2ccccc21. The van der Waals surface area contributed by atoms with Gasteiger partial charge in [0, 0.05) is 23.9 Å². The first-order chi connectivity index (χ1) is 13.2. The molecule has 0 unspecified atom stereocenters. The third-order valence-corrected chi connectivity index (χ3v) is 5.95. The molecular formula is C21H27N5O. The van der Waals surface area contributed by atoms with Crippen LogP contribution >= 0.6 is 0 Å². The van der Waals surface area contributed by atoms with E-state index in [1.165, 1.54) is 38.8 Å². The smallest absolute Gasteiger partial charge is 0.268 e. The number of hydrogen-bond donors (Lipinski definition) is 0. The average Bonchev–Trinajstić information content (AvgIpc) is 3.30. The minimum atomic E-state index is 0.280. The molecule has 0 bridgehead atoms. The first-order valence-corrected chi connectivity index (χ1v) is 10.2. The number of benzene rings is 1. The third-order valence-electron chi connectivity index (χ3n) is 5.95. The van der Waals surface area contributed by atoms with Gasteiger partial charge in [-0.1, -0.05) is 18.2 Å². The molecule has 0 spiro atoms. The summed E-state index contributed by atoms with van der Waals surface area (Å²) >= 11 is 0. The number of para-hydroxylation sites is 1. The highest BCUT2D eigenvalue weighted by Crippen LogP contribution is 2.33. The van der Waals surface area contributed by atoms with Gasteiger partial charge in [0.15, 0.2) is 5.69 Å². The summed E-state index contributed by atoms with van der Waals surface area (Å²) in [6, 6.07) is 9.40. The maximum Gasteiger partial charge on any atom is 0.268 e. The lowest BCUT2D eigenvalue weighted by atomic mass is 9.93. The molecule has 2 aromatic heterocycles. The quantitative estimate of drug-likeness (QED) is 0.682. The monoisotopic (exact) mass is 365 g/mol. The molecule has 2 fully saturated rings. The van der Waals surface area contributed by atoms with Crippen LogP contribution in [0, 0.1) is 5.92 Å². The fourth-order valence-electron chi connectivity index (χ4n) is 4.28. The Morgan fingerprint density at radius 3 is 2.59 bits per heavy atom. The third kappa shape index (κ3) is 3.27. The van der Waals surface area contributed by atoms with E-state index in [0.717, 1.165) is 35.0 Å². The molecule has 0 radical (unpaired) electrons. The van der Waals surface area contributed by atoms with E-state index in [4.69, 9.17) is 9.52 Å². The van der Waals surface area contributed by atoms with Crippen LogP contribution in [0.15, 0.2) is 28.7 Å². The Hall–Kier alpha value is -2.21. The van der Waals surface area contributed by atoms with E-state index in [1.807, 2.05) is 16.8 Å². The van der Waals surface area contributed by atoms with Gasteiger partial charge >= 0.3 is 0 Å². The summed E-state index contributed by atoms with van der Waals surface area (Å²) in [4.78, 5) is 2.65. The van der Waals surface area contributed by atoms with Gasteiger partial charge in [-0.2, -0.15) is 5.10 Å². The molecule has 0 amide bonds. The van der Waals surface area contributed by atoms with E-state index >= 15 is 0 Å². The second-order valence-electron chi connectivity index (χ2n) is 8.32. The second kappa shape index (κ2) is 6.75. The number of likely N-dealkylation sites (tertiary alicyclic amines) is 1. The lowest BCUT2D eigenvalue weighted by Crippen LogP contribution is -2.35. The number of piperidine rings is 1. The maximum atomic E-state index is 6.05. The van der Waals surface area contributed by atoms with Gasteiger partial charge in [-0.15, -0.1) is 10.2 Å². The van der Waals surface area contributed by atoms with E-state index in [9.17, 15) is 0 Å². The molecular weight excluding hydrogens is 338 g/mol. The van der Waals surface area contributed by atoms with E-state index < -0.39 is 0 Å². The maximum absolute atomic E-state index is 6.05. The Morgan fingerprint density at radius 2 is 1.85 bits per heavy atom. The summed E-state index contributed by atoms with van der Waals surface area (Å²) in [5, 5.41) is 14.5. The van der Waals surface area contributed by atoms with E-state index in [2.05, 4.69) is 41.1 Å². The minimum Gasteiger partial charge on any atom is -0.419 e. The number of nitrogens with zero attached hydrogens (tertiary/aromatic N) is 5. The summed E-state index contributed by atoms with van der Waals surface area (Å²) in [5.41, 5.74) is 1.90. The first-order valence-electron chi connectivity index (χ1n) is 10.2. The van der Waals surface area contributed by atoms with Crippen LogP contribution in [0.5, 0.6) is 0 Å². The zero-order chi connectivity index (χ0) is 18.4. The molecule has 27 heavy (non-hydrogen) atoms. The van der Waals surface area contributed by atoms with Crippen LogP contribution in [-0.2, 0) is 6.42 Å². The zero-order valence-corrected chi connectivity index (χ0v) is 16.1. The van der Waals surface area contributed by atoms with Crippen molar-refractivity contribution in [2.75, 3.05) is 13.1 Å². The highest BCUT2D eigenvalue weighted by Gasteiger charge is 2.32. The van der Waals surface area contributed by atoms with Crippen molar-refractivity contribution in [2.45, 2.75) is 58.0 Å². The summed E-state index contributed by atoms with van der Waals surface area (Å²) < 4.78 is 8.08. The Labute approximate surface area is 159 Å². The van der Waals surface area contributed by atoms with Crippen molar-refractivity contribution in [3.63, 3.8) is 0 Å². The second-order valence-corrected chi connectivity index (χ2v) is 8.32. The summed E-state index contributed by atoms with van der Waals surface area (Å²) in [6.45, 7) is 6.71.